The van der Waals surface area contributed by atoms with Crippen LogP contribution in [0.5, 0.6) is 0 Å². The number of hydrogen-bond acceptors (Lipinski definition) is 3. The molecule has 5 heteroatoms. The van der Waals surface area contributed by atoms with E-state index in [1.165, 1.54) is 29.0 Å². The van der Waals surface area contributed by atoms with Gasteiger partial charge >= 0.3 is 0 Å². The highest BCUT2D eigenvalue weighted by atomic mass is 32.1. The van der Waals surface area contributed by atoms with Gasteiger partial charge in [0.2, 0.25) is 0 Å². The fraction of sp³-hybridized carbons (Fsp3) is 0.412. The number of piperidine rings is 1. The van der Waals surface area contributed by atoms with E-state index in [4.69, 9.17) is 0 Å². The summed E-state index contributed by atoms with van der Waals surface area (Å²) in [5.41, 5.74) is 3.47. The van der Waals surface area contributed by atoms with Gasteiger partial charge in [-0.1, -0.05) is 12.1 Å². The van der Waals surface area contributed by atoms with E-state index < -0.39 is 0 Å². The summed E-state index contributed by atoms with van der Waals surface area (Å²) in [5, 5.41) is 1.83. The second-order valence-electron chi connectivity index (χ2n) is 6.19. The zero-order valence-corrected chi connectivity index (χ0v) is 12.9. The second-order valence-corrected chi connectivity index (χ2v) is 6.91. The number of hydrogen-bond donors (Lipinski definition) is 0. The summed E-state index contributed by atoms with van der Waals surface area (Å²) >= 11 is 1.46. The van der Waals surface area contributed by atoms with E-state index in [0.717, 1.165) is 25.7 Å². The molecule has 0 spiro atoms. The lowest BCUT2D eigenvalue weighted by Gasteiger charge is -2.39. The number of fused-ring (bicyclic) bond motifs is 2. The van der Waals surface area contributed by atoms with Crippen molar-refractivity contribution in [1.82, 2.24) is 9.88 Å². The average Bonchev–Trinajstić information content (AvgIpc) is 3.14. The Labute approximate surface area is 132 Å². The van der Waals surface area contributed by atoms with Crippen molar-refractivity contribution >= 4 is 17.2 Å². The first-order valence-electron chi connectivity index (χ1n) is 7.68. The number of benzene rings is 1. The van der Waals surface area contributed by atoms with E-state index in [2.05, 4.69) is 9.88 Å². The van der Waals surface area contributed by atoms with Gasteiger partial charge in [-0.15, -0.1) is 11.3 Å². The molecular formula is C17H17FN2OS. The van der Waals surface area contributed by atoms with Crippen LogP contribution in [0.15, 0.2) is 35.2 Å². The lowest BCUT2D eigenvalue weighted by molar-refractivity contribution is 0.0566. The summed E-state index contributed by atoms with van der Waals surface area (Å²) in [5.74, 6) is 0.312. The van der Waals surface area contributed by atoms with Gasteiger partial charge in [0.15, 0.2) is 0 Å². The lowest BCUT2D eigenvalue weighted by atomic mass is 9.85. The molecule has 2 bridgehead atoms. The molecule has 0 unspecified atom stereocenters. The largest absolute Gasteiger partial charge is 0.331 e. The molecule has 1 aromatic carbocycles. The van der Waals surface area contributed by atoms with Gasteiger partial charge in [0.05, 0.1) is 5.51 Å². The van der Waals surface area contributed by atoms with Crippen molar-refractivity contribution < 1.29 is 9.18 Å². The first kappa shape index (κ1) is 13.9. The Hall–Kier alpha value is -1.75. The maximum Gasteiger partial charge on any atom is 0.273 e. The minimum absolute atomic E-state index is 0.0753. The second kappa shape index (κ2) is 5.47. The van der Waals surface area contributed by atoms with E-state index in [1.807, 2.05) is 17.5 Å². The zero-order valence-electron chi connectivity index (χ0n) is 12.1. The Bertz CT molecular complexity index is 656. The molecule has 2 atom stereocenters. The fourth-order valence-electron chi connectivity index (χ4n) is 3.97. The molecule has 0 aliphatic carbocycles. The summed E-state index contributed by atoms with van der Waals surface area (Å²) < 4.78 is 13.1. The number of nitrogens with zero attached hydrogens (tertiary/aromatic N) is 2. The summed E-state index contributed by atoms with van der Waals surface area (Å²) in [4.78, 5) is 18.8. The number of rotatable bonds is 2. The topological polar surface area (TPSA) is 33.2 Å². The van der Waals surface area contributed by atoms with Gasteiger partial charge in [-0.2, -0.15) is 0 Å². The molecule has 2 aromatic rings. The molecule has 114 valence electrons. The third kappa shape index (κ3) is 2.33. The molecule has 2 fully saturated rings. The number of carbonyl (C=O) groups excluding carboxylic acids is 1. The SMILES string of the molecule is O=C(c1cscn1)N1[C@@H]2CC[C@@H]1CC(c1ccc(F)cc1)C2. The van der Waals surface area contributed by atoms with Crippen LogP contribution < -0.4 is 0 Å². The summed E-state index contributed by atoms with van der Waals surface area (Å²) in [6.07, 6.45) is 4.08. The summed E-state index contributed by atoms with van der Waals surface area (Å²) in [6.45, 7) is 0. The van der Waals surface area contributed by atoms with E-state index in [1.54, 1.807) is 5.51 Å². The van der Waals surface area contributed by atoms with Crippen molar-refractivity contribution in [2.45, 2.75) is 43.7 Å². The van der Waals surface area contributed by atoms with Crippen LogP contribution in [-0.4, -0.2) is 27.9 Å². The van der Waals surface area contributed by atoms with E-state index in [9.17, 15) is 9.18 Å². The van der Waals surface area contributed by atoms with Crippen molar-refractivity contribution in [3.05, 3.63) is 52.2 Å². The smallest absolute Gasteiger partial charge is 0.273 e. The van der Waals surface area contributed by atoms with Gasteiger partial charge in [0.25, 0.3) is 5.91 Å². The minimum Gasteiger partial charge on any atom is -0.331 e. The monoisotopic (exact) mass is 316 g/mol. The number of aromatic nitrogens is 1. The quantitative estimate of drug-likeness (QED) is 0.843. The van der Waals surface area contributed by atoms with Crippen LogP contribution in [0, 0.1) is 5.82 Å². The van der Waals surface area contributed by atoms with E-state index in [0.29, 0.717) is 23.7 Å². The number of amides is 1. The number of thiazole rings is 1. The molecule has 4 rings (SSSR count). The molecule has 0 radical (unpaired) electrons. The van der Waals surface area contributed by atoms with Crippen molar-refractivity contribution in [3.63, 3.8) is 0 Å². The standard InChI is InChI=1S/C17H17FN2OS/c18-13-3-1-11(2-4-13)12-7-14-5-6-15(8-12)20(14)17(21)16-9-22-10-19-16/h1-4,9-10,12,14-15H,5-8H2/t14-,15-/m1/s1. The third-order valence-electron chi connectivity index (χ3n) is 4.96. The Kier molecular flexibility index (Phi) is 3.45. The van der Waals surface area contributed by atoms with E-state index in [-0.39, 0.29) is 11.7 Å². The average molecular weight is 316 g/mol. The summed E-state index contributed by atoms with van der Waals surface area (Å²) in [6, 6.07) is 7.42. The Balaban J connectivity index is 1.54. The molecule has 2 aliphatic heterocycles. The number of carbonyl (C=O) groups is 1. The predicted molar refractivity (Wildman–Crippen MR) is 83.5 cm³/mol. The molecule has 3 heterocycles. The first-order chi connectivity index (χ1) is 10.7. The molecule has 2 aliphatic rings. The molecule has 22 heavy (non-hydrogen) atoms. The number of halogens is 1. The van der Waals surface area contributed by atoms with Gasteiger partial charge in [-0.25, -0.2) is 9.37 Å². The fourth-order valence-corrected chi connectivity index (χ4v) is 4.49. The molecule has 2 saturated heterocycles. The van der Waals surface area contributed by atoms with Crippen LogP contribution in [0.2, 0.25) is 0 Å². The van der Waals surface area contributed by atoms with Crippen LogP contribution in [0.1, 0.15) is 47.7 Å². The van der Waals surface area contributed by atoms with E-state index >= 15 is 0 Å². The van der Waals surface area contributed by atoms with Crippen molar-refractivity contribution in [3.8, 4) is 0 Å². The van der Waals surface area contributed by atoms with Crippen LogP contribution in [0.4, 0.5) is 4.39 Å². The van der Waals surface area contributed by atoms with Crippen LogP contribution in [0.25, 0.3) is 0 Å². The van der Waals surface area contributed by atoms with Crippen molar-refractivity contribution in [2.24, 2.45) is 0 Å². The third-order valence-corrected chi connectivity index (χ3v) is 5.55. The highest BCUT2D eigenvalue weighted by Crippen LogP contribution is 2.43. The molecule has 1 amide bonds. The maximum absolute atomic E-state index is 13.1. The molecule has 0 N–H and O–H groups in total. The highest BCUT2D eigenvalue weighted by molar-refractivity contribution is 7.07. The Morgan fingerprint density at radius 3 is 2.45 bits per heavy atom. The normalized spacial score (nSPS) is 27.1. The van der Waals surface area contributed by atoms with Crippen molar-refractivity contribution in [1.29, 1.82) is 0 Å². The first-order valence-corrected chi connectivity index (χ1v) is 8.63. The lowest BCUT2D eigenvalue weighted by Crippen LogP contribution is -2.46. The molecule has 0 saturated carbocycles. The molecule has 3 nitrogen and oxygen atoms in total. The van der Waals surface area contributed by atoms with Crippen LogP contribution in [0.3, 0.4) is 0 Å². The molecule has 1 aromatic heterocycles. The summed E-state index contributed by atoms with van der Waals surface area (Å²) in [7, 11) is 0. The highest BCUT2D eigenvalue weighted by Gasteiger charge is 2.44. The van der Waals surface area contributed by atoms with Crippen LogP contribution >= 0.6 is 11.3 Å². The van der Waals surface area contributed by atoms with Crippen LogP contribution in [-0.2, 0) is 0 Å². The van der Waals surface area contributed by atoms with Gasteiger partial charge in [-0.05, 0) is 49.3 Å². The minimum atomic E-state index is -0.192. The Morgan fingerprint density at radius 1 is 1.18 bits per heavy atom. The van der Waals surface area contributed by atoms with Gasteiger partial charge in [-0.3, -0.25) is 4.79 Å². The van der Waals surface area contributed by atoms with Gasteiger partial charge in [0.1, 0.15) is 11.5 Å². The van der Waals surface area contributed by atoms with Crippen molar-refractivity contribution in [2.75, 3.05) is 0 Å². The Morgan fingerprint density at radius 2 is 1.86 bits per heavy atom. The predicted octanol–water partition coefficient (Wildman–Crippen LogP) is 3.83. The maximum atomic E-state index is 13.1. The molecular weight excluding hydrogens is 299 g/mol. The van der Waals surface area contributed by atoms with Gasteiger partial charge in [0, 0.05) is 17.5 Å². The zero-order chi connectivity index (χ0) is 15.1. The van der Waals surface area contributed by atoms with Gasteiger partial charge < -0.3 is 4.90 Å².